The SMILES string of the molecule is C=CC1C[N+]2(Cc3c4ccccc4cc4ccccc34)CC[C@H]1C[C@H]2[C@H](O)c1ccnc2ccc(OC)cc12. The highest BCUT2D eigenvalue weighted by molar-refractivity contribution is 6.02. The maximum atomic E-state index is 12.2. The number of pyridine rings is 1. The second kappa shape index (κ2) is 9.48. The Kier molecular flexibility index (Phi) is 5.91. The Balaban J connectivity index is 1.39. The lowest BCUT2D eigenvalue weighted by Crippen LogP contribution is -2.67. The van der Waals surface area contributed by atoms with E-state index in [1.807, 2.05) is 30.5 Å². The summed E-state index contributed by atoms with van der Waals surface area (Å²) in [5.41, 5.74) is 3.23. The number of aliphatic hydroxyl groups excluding tert-OH is 1. The summed E-state index contributed by atoms with van der Waals surface area (Å²) >= 11 is 0. The van der Waals surface area contributed by atoms with Crippen LogP contribution in [0.5, 0.6) is 5.75 Å². The lowest BCUT2D eigenvalue weighted by Gasteiger charge is -2.58. The third kappa shape index (κ3) is 3.93. The van der Waals surface area contributed by atoms with Crippen LogP contribution < -0.4 is 4.74 Å². The van der Waals surface area contributed by atoms with Crippen LogP contribution in [0.3, 0.4) is 0 Å². The zero-order valence-corrected chi connectivity index (χ0v) is 22.5. The number of aromatic nitrogens is 1. The molecule has 2 unspecified atom stereocenters. The van der Waals surface area contributed by atoms with Gasteiger partial charge in [-0.15, -0.1) is 6.58 Å². The molecule has 3 saturated heterocycles. The van der Waals surface area contributed by atoms with Crippen molar-refractivity contribution in [2.75, 3.05) is 20.2 Å². The summed E-state index contributed by atoms with van der Waals surface area (Å²) in [6.45, 7) is 7.21. The van der Waals surface area contributed by atoms with Crippen molar-refractivity contribution < 1.29 is 14.3 Å². The van der Waals surface area contributed by atoms with Crippen molar-refractivity contribution in [1.29, 1.82) is 0 Å². The number of methoxy groups -OCH3 is 1. The third-order valence-corrected chi connectivity index (χ3v) is 9.70. The number of ether oxygens (including phenoxy) is 1. The fraction of sp³-hybridized carbons (Fsp3) is 0.286. The molecule has 5 aromatic rings. The molecular formula is C35H35N2O2+. The number of hydrogen-bond acceptors (Lipinski definition) is 3. The van der Waals surface area contributed by atoms with Crippen molar-refractivity contribution in [3.8, 4) is 5.75 Å². The average Bonchev–Trinajstić information content (AvgIpc) is 3.00. The summed E-state index contributed by atoms with van der Waals surface area (Å²) in [5, 5.41) is 18.4. The molecule has 3 aliphatic heterocycles. The molecule has 196 valence electrons. The molecule has 1 aromatic heterocycles. The van der Waals surface area contributed by atoms with Gasteiger partial charge in [0.1, 0.15) is 24.4 Å². The van der Waals surface area contributed by atoms with Gasteiger partial charge < -0.3 is 14.3 Å². The Labute approximate surface area is 229 Å². The number of aliphatic hydroxyl groups is 1. The molecule has 0 aliphatic carbocycles. The first-order chi connectivity index (χ1) is 19.1. The maximum Gasteiger partial charge on any atom is 0.131 e. The summed E-state index contributed by atoms with van der Waals surface area (Å²) in [7, 11) is 1.68. The monoisotopic (exact) mass is 515 g/mol. The Morgan fingerprint density at radius 3 is 2.46 bits per heavy atom. The van der Waals surface area contributed by atoms with E-state index in [-0.39, 0.29) is 6.04 Å². The molecule has 0 saturated carbocycles. The van der Waals surface area contributed by atoms with E-state index in [9.17, 15) is 5.11 Å². The topological polar surface area (TPSA) is 42.4 Å². The number of benzene rings is 4. The molecule has 2 bridgehead atoms. The van der Waals surface area contributed by atoms with Gasteiger partial charge in [-0.3, -0.25) is 4.98 Å². The number of hydrogen-bond donors (Lipinski definition) is 1. The largest absolute Gasteiger partial charge is 0.497 e. The minimum Gasteiger partial charge on any atom is -0.497 e. The fourth-order valence-electron chi connectivity index (χ4n) is 7.71. The maximum absolute atomic E-state index is 12.2. The van der Waals surface area contributed by atoms with Gasteiger partial charge in [0.05, 0.1) is 25.7 Å². The number of quaternary nitrogens is 1. The number of piperidine rings is 3. The average molecular weight is 516 g/mol. The van der Waals surface area contributed by atoms with E-state index in [1.54, 1.807) is 7.11 Å². The molecule has 5 atom stereocenters. The van der Waals surface area contributed by atoms with Gasteiger partial charge in [-0.05, 0) is 63.4 Å². The van der Waals surface area contributed by atoms with E-state index < -0.39 is 6.10 Å². The van der Waals surface area contributed by atoms with Crippen molar-refractivity contribution in [1.82, 2.24) is 4.98 Å². The van der Waals surface area contributed by atoms with Gasteiger partial charge in [0.2, 0.25) is 0 Å². The molecule has 3 fully saturated rings. The molecule has 0 amide bonds. The van der Waals surface area contributed by atoms with Crippen LogP contribution in [0.25, 0.3) is 32.4 Å². The summed E-state index contributed by atoms with van der Waals surface area (Å²) in [5.74, 6) is 1.82. The highest BCUT2D eigenvalue weighted by Crippen LogP contribution is 2.49. The van der Waals surface area contributed by atoms with Gasteiger partial charge in [0, 0.05) is 35.9 Å². The van der Waals surface area contributed by atoms with Gasteiger partial charge in [0.25, 0.3) is 0 Å². The van der Waals surface area contributed by atoms with Crippen LogP contribution in [0.15, 0.2) is 97.7 Å². The molecule has 39 heavy (non-hydrogen) atoms. The second-order valence-electron chi connectivity index (χ2n) is 11.6. The minimum absolute atomic E-state index is 0.0921. The van der Waals surface area contributed by atoms with Crippen molar-refractivity contribution in [2.45, 2.75) is 31.5 Å². The quantitative estimate of drug-likeness (QED) is 0.148. The van der Waals surface area contributed by atoms with Crippen LogP contribution in [-0.4, -0.2) is 40.8 Å². The predicted octanol–water partition coefficient (Wildman–Crippen LogP) is 7.19. The van der Waals surface area contributed by atoms with Crippen LogP contribution >= 0.6 is 0 Å². The van der Waals surface area contributed by atoms with Crippen LogP contribution in [-0.2, 0) is 6.54 Å². The van der Waals surface area contributed by atoms with E-state index in [4.69, 9.17) is 4.74 Å². The molecule has 4 aromatic carbocycles. The van der Waals surface area contributed by atoms with Gasteiger partial charge in [0.15, 0.2) is 0 Å². The molecular weight excluding hydrogens is 480 g/mol. The van der Waals surface area contributed by atoms with E-state index in [2.05, 4.69) is 72.2 Å². The Hall–Kier alpha value is -3.73. The molecule has 4 nitrogen and oxygen atoms in total. The van der Waals surface area contributed by atoms with E-state index >= 15 is 0 Å². The summed E-state index contributed by atoms with van der Waals surface area (Å²) in [6, 6.07) is 27.9. The zero-order chi connectivity index (χ0) is 26.6. The minimum atomic E-state index is -0.600. The molecule has 4 heterocycles. The van der Waals surface area contributed by atoms with Crippen molar-refractivity contribution in [2.24, 2.45) is 11.8 Å². The normalized spacial score (nSPS) is 25.2. The summed E-state index contributed by atoms with van der Waals surface area (Å²) in [4.78, 5) is 4.59. The lowest BCUT2D eigenvalue weighted by atomic mass is 9.71. The molecule has 0 radical (unpaired) electrons. The van der Waals surface area contributed by atoms with Crippen LogP contribution in [0, 0.1) is 11.8 Å². The fourth-order valence-corrected chi connectivity index (χ4v) is 7.71. The first kappa shape index (κ1) is 24.3. The smallest absolute Gasteiger partial charge is 0.131 e. The van der Waals surface area contributed by atoms with Crippen molar-refractivity contribution >= 4 is 32.4 Å². The second-order valence-corrected chi connectivity index (χ2v) is 11.6. The van der Waals surface area contributed by atoms with Crippen LogP contribution in [0.1, 0.15) is 30.1 Å². The van der Waals surface area contributed by atoms with Crippen LogP contribution in [0.4, 0.5) is 0 Å². The first-order valence-electron chi connectivity index (χ1n) is 14.1. The molecule has 8 rings (SSSR count). The number of nitrogens with zero attached hydrogens (tertiary/aromatic N) is 2. The van der Waals surface area contributed by atoms with E-state index in [0.29, 0.717) is 11.8 Å². The summed E-state index contributed by atoms with van der Waals surface area (Å²) < 4.78 is 6.41. The van der Waals surface area contributed by atoms with Gasteiger partial charge in [-0.2, -0.15) is 0 Å². The van der Waals surface area contributed by atoms with E-state index in [1.165, 1.54) is 33.5 Å². The molecule has 1 N–H and O–H groups in total. The highest BCUT2D eigenvalue weighted by Gasteiger charge is 2.54. The predicted molar refractivity (Wildman–Crippen MR) is 159 cm³/mol. The lowest BCUT2D eigenvalue weighted by molar-refractivity contribution is -0.984. The van der Waals surface area contributed by atoms with Gasteiger partial charge in [-0.25, -0.2) is 0 Å². The molecule has 4 heteroatoms. The zero-order valence-electron chi connectivity index (χ0n) is 22.5. The molecule has 3 aliphatic rings. The molecule has 0 spiro atoms. The number of fused-ring (bicyclic) bond motifs is 6. The Bertz CT molecular complexity index is 1660. The highest BCUT2D eigenvalue weighted by atomic mass is 16.5. The third-order valence-electron chi connectivity index (χ3n) is 9.70. The van der Waals surface area contributed by atoms with Crippen LogP contribution in [0.2, 0.25) is 0 Å². The van der Waals surface area contributed by atoms with E-state index in [0.717, 1.165) is 52.8 Å². The van der Waals surface area contributed by atoms with Gasteiger partial charge >= 0.3 is 0 Å². The summed E-state index contributed by atoms with van der Waals surface area (Å²) in [6.07, 6.45) is 5.58. The van der Waals surface area contributed by atoms with Crippen molar-refractivity contribution in [3.63, 3.8) is 0 Å². The Morgan fingerprint density at radius 2 is 1.74 bits per heavy atom. The standard InChI is InChI=1S/C35H35N2O2/c1-3-23-21-37(22-32-28-10-6-4-8-25(28)18-26-9-5-7-11-29(26)32)17-15-24(23)19-34(37)35(38)30-14-16-36-33-13-12-27(39-2)20-31(30)33/h3-14,16,18,20,23-24,34-35,38H,1,15,17,19,21-22H2,2H3/q+1/t23?,24-,34-,35+,37?/m0/s1. The Morgan fingerprint density at radius 1 is 1.00 bits per heavy atom. The van der Waals surface area contributed by atoms with Gasteiger partial charge in [-0.1, -0.05) is 54.6 Å². The first-order valence-corrected chi connectivity index (χ1v) is 14.1. The van der Waals surface area contributed by atoms with Crippen molar-refractivity contribution in [3.05, 3.63) is 109 Å². The number of rotatable bonds is 6.